The van der Waals surface area contributed by atoms with E-state index in [-0.39, 0.29) is 5.91 Å². The second kappa shape index (κ2) is 7.68. The highest BCUT2D eigenvalue weighted by atomic mass is 16.2. The normalized spacial score (nSPS) is 10.6. The van der Waals surface area contributed by atoms with E-state index in [0.29, 0.717) is 24.0 Å². The van der Waals surface area contributed by atoms with E-state index in [9.17, 15) is 4.79 Å². The van der Waals surface area contributed by atoms with Crippen LogP contribution in [0.2, 0.25) is 0 Å². The Bertz CT molecular complexity index is 406. The van der Waals surface area contributed by atoms with Gasteiger partial charge in [0.25, 0.3) is 5.91 Å². The fourth-order valence-corrected chi connectivity index (χ4v) is 1.91. The number of rotatable bonds is 7. The largest absolute Gasteiger partial charge is 0.337 e. The Kier molecular flexibility index (Phi) is 6.21. The van der Waals surface area contributed by atoms with Gasteiger partial charge in [-0.25, -0.2) is 10.8 Å². The quantitative estimate of drug-likeness (QED) is 0.578. The van der Waals surface area contributed by atoms with Crippen LogP contribution in [0.5, 0.6) is 0 Å². The zero-order valence-electron chi connectivity index (χ0n) is 11.9. The standard InChI is InChI=1S/C13H23N5O/c1-4-10(5-2)9-18(6-3)13(19)11-7-15-8-12(16-11)17-14/h7-8,10H,4-6,9,14H2,1-3H3,(H,16,17). The lowest BCUT2D eigenvalue weighted by atomic mass is 10.0. The number of hydrogen-bond acceptors (Lipinski definition) is 5. The second-order valence-corrected chi connectivity index (χ2v) is 4.46. The summed E-state index contributed by atoms with van der Waals surface area (Å²) < 4.78 is 0. The van der Waals surface area contributed by atoms with Crippen LogP contribution in [0.3, 0.4) is 0 Å². The number of nitrogen functional groups attached to an aromatic ring is 1. The zero-order chi connectivity index (χ0) is 14.3. The minimum Gasteiger partial charge on any atom is -0.337 e. The van der Waals surface area contributed by atoms with Gasteiger partial charge in [-0.1, -0.05) is 26.7 Å². The Labute approximate surface area is 114 Å². The first-order valence-corrected chi connectivity index (χ1v) is 6.74. The number of hydrogen-bond donors (Lipinski definition) is 2. The topological polar surface area (TPSA) is 84.1 Å². The molecule has 0 unspecified atom stereocenters. The number of amides is 1. The van der Waals surface area contributed by atoms with E-state index in [1.165, 1.54) is 12.4 Å². The Hall–Kier alpha value is -1.69. The Balaban J connectivity index is 2.82. The predicted octanol–water partition coefficient (Wildman–Crippen LogP) is 1.66. The minimum atomic E-state index is -0.0981. The molecule has 0 aliphatic heterocycles. The number of nitrogens with two attached hydrogens (primary N) is 1. The maximum atomic E-state index is 12.4. The number of aromatic nitrogens is 2. The van der Waals surface area contributed by atoms with E-state index < -0.39 is 0 Å². The number of carbonyl (C=O) groups is 1. The van der Waals surface area contributed by atoms with E-state index >= 15 is 0 Å². The van der Waals surface area contributed by atoms with Gasteiger partial charge in [0.05, 0.1) is 12.4 Å². The summed E-state index contributed by atoms with van der Waals surface area (Å²) in [5, 5.41) is 0. The van der Waals surface area contributed by atoms with Crippen LogP contribution < -0.4 is 11.3 Å². The summed E-state index contributed by atoms with van der Waals surface area (Å²) in [6.07, 6.45) is 5.08. The summed E-state index contributed by atoms with van der Waals surface area (Å²) in [6.45, 7) is 7.68. The highest BCUT2D eigenvalue weighted by Gasteiger charge is 2.19. The lowest BCUT2D eigenvalue weighted by molar-refractivity contribution is 0.0728. The van der Waals surface area contributed by atoms with Gasteiger partial charge in [-0.2, -0.15) is 0 Å². The van der Waals surface area contributed by atoms with Gasteiger partial charge >= 0.3 is 0 Å². The van der Waals surface area contributed by atoms with E-state index in [2.05, 4.69) is 29.2 Å². The van der Waals surface area contributed by atoms with Crippen LogP contribution in [0.4, 0.5) is 5.82 Å². The van der Waals surface area contributed by atoms with Crippen LogP contribution in [-0.4, -0.2) is 33.9 Å². The van der Waals surface area contributed by atoms with E-state index in [0.717, 1.165) is 19.4 Å². The van der Waals surface area contributed by atoms with Crippen LogP contribution >= 0.6 is 0 Å². The second-order valence-electron chi connectivity index (χ2n) is 4.46. The lowest BCUT2D eigenvalue weighted by Gasteiger charge is -2.25. The van der Waals surface area contributed by atoms with Gasteiger partial charge < -0.3 is 10.3 Å². The molecule has 0 saturated heterocycles. The number of nitrogens with zero attached hydrogens (tertiary/aromatic N) is 3. The van der Waals surface area contributed by atoms with Gasteiger partial charge in [0.2, 0.25) is 0 Å². The molecule has 0 bridgehead atoms. The first kappa shape index (κ1) is 15.4. The fraction of sp³-hybridized carbons (Fsp3) is 0.615. The van der Waals surface area contributed by atoms with Gasteiger partial charge in [0.1, 0.15) is 5.69 Å². The van der Waals surface area contributed by atoms with E-state index in [1.54, 1.807) is 0 Å². The molecule has 106 valence electrons. The molecule has 0 aromatic carbocycles. The van der Waals surface area contributed by atoms with Crippen molar-refractivity contribution in [3.8, 4) is 0 Å². The van der Waals surface area contributed by atoms with Crippen molar-refractivity contribution in [1.29, 1.82) is 0 Å². The van der Waals surface area contributed by atoms with Crippen LogP contribution in [0.15, 0.2) is 12.4 Å². The molecular weight excluding hydrogens is 242 g/mol. The number of anilines is 1. The van der Waals surface area contributed by atoms with Crippen molar-refractivity contribution in [3.63, 3.8) is 0 Å². The molecule has 6 heteroatoms. The Morgan fingerprint density at radius 1 is 1.37 bits per heavy atom. The molecule has 1 heterocycles. The number of carbonyl (C=O) groups excluding carboxylic acids is 1. The number of nitrogens with one attached hydrogen (secondary N) is 1. The molecule has 1 rings (SSSR count). The van der Waals surface area contributed by atoms with Gasteiger partial charge in [0, 0.05) is 13.1 Å². The molecule has 6 nitrogen and oxygen atoms in total. The summed E-state index contributed by atoms with van der Waals surface area (Å²) >= 11 is 0. The summed E-state index contributed by atoms with van der Waals surface area (Å²) in [4.78, 5) is 22.3. The highest BCUT2D eigenvalue weighted by Crippen LogP contribution is 2.12. The third kappa shape index (κ3) is 4.17. The van der Waals surface area contributed by atoms with Gasteiger partial charge in [0.15, 0.2) is 5.82 Å². The highest BCUT2D eigenvalue weighted by molar-refractivity contribution is 5.92. The third-order valence-corrected chi connectivity index (χ3v) is 3.30. The van der Waals surface area contributed by atoms with Crippen LogP contribution in [0.1, 0.15) is 44.1 Å². The van der Waals surface area contributed by atoms with Crippen molar-refractivity contribution in [3.05, 3.63) is 18.1 Å². The molecule has 19 heavy (non-hydrogen) atoms. The first-order chi connectivity index (χ1) is 9.15. The molecule has 1 amide bonds. The van der Waals surface area contributed by atoms with E-state index in [1.807, 2.05) is 11.8 Å². The van der Waals surface area contributed by atoms with Crippen LogP contribution in [0.25, 0.3) is 0 Å². The monoisotopic (exact) mass is 265 g/mol. The fourth-order valence-electron chi connectivity index (χ4n) is 1.91. The summed E-state index contributed by atoms with van der Waals surface area (Å²) in [5.74, 6) is 6.09. The van der Waals surface area contributed by atoms with Crippen molar-refractivity contribution in [2.75, 3.05) is 18.5 Å². The third-order valence-electron chi connectivity index (χ3n) is 3.30. The van der Waals surface area contributed by atoms with Crippen molar-refractivity contribution < 1.29 is 4.79 Å². The van der Waals surface area contributed by atoms with Crippen molar-refractivity contribution in [2.24, 2.45) is 11.8 Å². The first-order valence-electron chi connectivity index (χ1n) is 6.74. The molecule has 1 aromatic heterocycles. The summed E-state index contributed by atoms with van der Waals surface area (Å²) in [7, 11) is 0. The molecule has 0 spiro atoms. The van der Waals surface area contributed by atoms with Gasteiger partial charge in [-0.3, -0.25) is 9.78 Å². The molecule has 0 radical (unpaired) electrons. The smallest absolute Gasteiger partial charge is 0.274 e. The van der Waals surface area contributed by atoms with Gasteiger partial charge in [-0.05, 0) is 12.8 Å². The number of hydrazine groups is 1. The molecule has 0 aliphatic carbocycles. The maximum absolute atomic E-state index is 12.4. The van der Waals surface area contributed by atoms with Gasteiger partial charge in [-0.15, -0.1) is 0 Å². The van der Waals surface area contributed by atoms with Crippen LogP contribution in [-0.2, 0) is 0 Å². The summed E-state index contributed by atoms with van der Waals surface area (Å²) in [6, 6.07) is 0. The van der Waals surface area contributed by atoms with Crippen molar-refractivity contribution in [1.82, 2.24) is 14.9 Å². The van der Waals surface area contributed by atoms with Crippen molar-refractivity contribution in [2.45, 2.75) is 33.6 Å². The average Bonchev–Trinajstić information content (AvgIpc) is 2.48. The predicted molar refractivity (Wildman–Crippen MR) is 75.5 cm³/mol. The van der Waals surface area contributed by atoms with E-state index in [4.69, 9.17) is 5.84 Å². The molecule has 3 N–H and O–H groups in total. The summed E-state index contributed by atoms with van der Waals surface area (Å²) in [5.41, 5.74) is 2.72. The Morgan fingerprint density at radius 3 is 2.58 bits per heavy atom. The Morgan fingerprint density at radius 2 is 2.05 bits per heavy atom. The van der Waals surface area contributed by atoms with Crippen molar-refractivity contribution >= 4 is 11.7 Å². The molecule has 0 atom stereocenters. The van der Waals surface area contributed by atoms with Crippen LogP contribution in [0, 0.1) is 5.92 Å². The molecule has 0 fully saturated rings. The SMILES string of the molecule is CCC(CC)CN(CC)C(=O)c1cncc(NN)n1. The molecule has 0 saturated carbocycles. The minimum absolute atomic E-state index is 0.0981. The lowest BCUT2D eigenvalue weighted by Crippen LogP contribution is -2.35. The average molecular weight is 265 g/mol. The maximum Gasteiger partial charge on any atom is 0.274 e. The zero-order valence-corrected chi connectivity index (χ0v) is 11.9. The molecular formula is C13H23N5O. The molecule has 0 aliphatic rings. The molecule has 1 aromatic rings.